The van der Waals surface area contributed by atoms with E-state index in [-0.39, 0.29) is 5.41 Å². The molecule has 0 atom stereocenters. The molecule has 2 rings (SSSR count). The quantitative estimate of drug-likeness (QED) is 0.675. The predicted molar refractivity (Wildman–Crippen MR) is 79.6 cm³/mol. The molecule has 0 saturated carbocycles. The van der Waals surface area contributed by atoms with Crippen LogP contribution in [0, 0.1) is 0 Å². The fraction of sp³-hybridized carbons (Fsp3) is 0.250. The minimum absolute atomic E-state index is 0.0807. The number of allylic oxidation sites excluding steroid dienone is 5. The Labute approximate surface area is 105 Å². The van der Waals surface area contributed by atoms with Gasteiger partial charge in [0.05, 0.1) is 0 Å². The molecule has 0 unspecified atom stereocenters. The second-order valence-corrected chi connectivity index (χ2v) is 5.21. The fourth-order valence-corrected chi connectivity index (χ4v) is 2.72. The largest absolute Gasteiger partial charge is 0.139 e. The van der Waals surface area contributed by atoms with Crippen LogP contribution >= 0.6 is 0 Å². The van der Waals surface area contributed by atoms with Gasteiger partial charge in [-0.3, -0.25) is 0 Å². The molecule has 0 N–H and O–H groups in total. The van der Waals surface area contributed by atoms with Crippen LogP contribution in [0.4, 0.5) is 0 Å². The Morgan fingerprint density at radius 1 is 1.29 bits per heavy atom. The second-order valence-electron chi connectivity index (χ2n) is 5.21. The normalized spacial score (nSPS) is 17.6. The van der Waals surface area contributed by atoms with Crippen molar-refractivity contribution in [2.45, 2.75) is 26.2 Å². The summed E-state index contributed by atoms with van der Waals surface area (Å²) in [5.74, 6) is 0. The van der Waals surface area contributed by atoms with Crippen molar-refractivity contribution < 1.29 is 0 Å². The van der Waals surface area contributed by atoms with E-state index in [4.69, 9.17) is 0 Å². The van der Waals surface area contributed by atoms with Gasteiger partial charge < -0.3 is 0 Å². The maximum Gasteiger partial charge on any atom is 0.139 e. The Hall–Kier alpha value is -1.50. The molecule has 0 amide bonds. The van der Waals surface area contributed by atoms with Crippen molar-refractivity contribution in [3.8, 4) is 0 Å². The van der Waals surface area contributed by atoms with Crippen LogP contribution in [0.5, 0.6) is 0 Å². The van der Waals surface area contributed by atoms with Crippen molar-refractivity contribution in [3.05, 3.63) is 59.7 Å². The SMILES string of the molecule is Bc1ccc2c(c1)C(C)(C)C(/C=C\C)=C2C=C. The molecule has 86 valence electrons. The van der Waals surface area contributed by atoms with E-state index < -0.39 is 0 Å². The summed E-state index contributed by atoms with van der Waals surface area (Å²) < 4.78 is 0. The topological polar surface area (TPSA) is 0 Å². The average Bonchev–Trinajstić information content (AvgIpc) is 2.49. The minimum Gasteiger partial charge on any atom is -0.0984 e. The van der Waals surface area contributed by atoms with E-state index >= 15 is 0 Å². The van der Waals surface area contributed by atoms with Crippen LogP contribution in [0.1, 0.15) is 31.9 Å². The zero-order valence-electron chi connectivity index (χ0n) is 11.2. The number of hydrogen-bond donors (Lipinski definition) is 0. The molecular formula is C16H19B. The standard InChI is InChI=1S/C16H19B/c1-5-7-14-12(6-2)13-9-8-11(17)10-15(13)16(14,3)4/h5-10H,2,17H2,1,3-4H3/b7-5-. The Kier molecular flexibility index (Phi) is 2.86. The first-order chi connectivity index (χ1) is 8.02. The van der Waals surface area contributed by atoms with Crippen molar-refractivity contribution in [3.63, 3.8) is 0 Å². The monoisotopic (exact) mass is 222 g/mol. The van der Waals surface area contributed by atoms with Gasteiger partial charge in [0.1, 0.15) is 7.85 Å². The van der Waals surface area contributed by atoms with Crippen LogP contribution < -0.4 is 5.46 Å². The van der Waals surface area contributed by atoms with Gasteiger partial charge in [0.2, 0.25) is 0 Å². The third-order valence-electron chi connectivity index (χ3n) is 3.64. The van der Waals surface area contributed by atoms with E-state index in [0.29, 0.717) is 0 Å². The fourth-order valence-electron chi connectivity index (χ4n) is 2.72. The molecule has 1 aliphatic rings. The second kappa shape index (κ2) is 4.07. The zero-order chi connectivity index (χ0) is 12.6. The van der Waals surface area contributed by atoms with E-state index in [9.17, 15) is 0 Å². The van der Waals surface area contributed by atoms with Gasteiger partial charge in [-0.2, -0.15) is 0 Å². The first-order valence-corrected chi connectivity index (χ1v) is 6.13. The molecule has 1 aliphatic carbocycles. The third-order valence-corrected chi connectivity index (χ3v) is 3.64. The van der Waals surface area contributed by atoms with E-state index in [1.165, 1.54) is 27.7 Å². The Morgan fingerprint density at radius 2 is 2.00 bits per heavy atom. The van der Waals surface area contributed by atoms with Crippen molar-refractivity contribution in [1.82, 2.24) is 0 Å². The van der Waals surface area contributed by atoms with E-state index in [1.54, 1.807) is 0 Å². The molecule has 0 saturated heterocycles. The van der Waals surface area contributed by atoms with Gasteiger partial charge in [0.15, 0.2) is 0 Å². The van der Waals surface area contributed by atoms with Crippen molar-refractivity contribution in [2.24, 2.45) is 0 Å². The van der Waals surface area contributed by atoms with Crippen molar-refractivity contribution in [2.75, 3.05) is 0 Å². The molecule has 0 spiro atoms. The van der Waals surface area contributed by atoms with E-state index in [2.05, 4.69) is 65.5 Å². The Bertz CT molecular complexity index is 530. The number of fused-ring (bicyclic) bond motifs is 1. The highest BCUT2D eigenvalue weighted by Gasteiger charge is 2.34. The molecule has 17 heavy (non-hydrogen) atoms. The first kappa shape index (κ1) is 12.0. The molecule has 0 nitrogen and oxygen atoms in total. The van der Waals surface area contributed by atoms with Gasteiger partial charge in [-0.25, -0.2) is 0 Å². The predicted octanol–water partition coefficient (Wildman–Crippen LogP) is 2.75. The van der Waals surface area contributed by atoms with Gasteiger partial charge in [-0.15, -0.1) is 0 Å². The smallest absolute Gasteiger partial charge is 0.0984 e. The molecule has 0 heterocycles. The summed E-state index contributed by atoms with van der Waals surface area (Å²) in [5.41, 5.74) is 6.81. The zero-order valence-corrected chi connectivity index (χ0v) is 11.2. The van der Waals surface area contributed by atoms with Gasteiger partial charge in [0.25, 0.3) is 0 Å². The van der Waals surface area contributed by atoms with Crippen LogP contribution in [0.25, 0.3) is 5.57 Å². The first-order valence-electron chi connectivity index (χ1n) is 6.13. The summed E-state index contributed by atoms with van der Waals surface area (Å²) in [6.07, 6.45) is 6.31. The average molecular weight is 222 g/mol. The molecule has 1 heteroatoms. The minimum atomic E-state index is 0.0807. The van der Waals surface area contributed by atoms with Gasteiger partial charge >= 0.3 is 0 Å². The summed E-state index contributed by atoms with van der Waals surface area (Å²) in [6.45, 7) is 10.6. The maximum absolute atomic E-state index is 3.97. The summed E-state index contributed by atoms with van der Waals surface area (Å²) in [5, 5.41) is 0. The van der Waals surface area contributed by atoms with Crippen LogP contribution in [0.15, 0.2) is 48.6 Å². The molecule has 0 aromatic heterocycles. The lowest BCUT2D eigenvalue weighted by Gasteiger charge is -2.23. The van der Waals surface area contributed by atoms with Crippen LogP contribution in [-0.4, -0.2) is 7.85 Å². The lowest BCUT2D eigenvalue weighted by atomic mass is 9.79. The molecule has 0 aliphatic heterocycles. The highest BCUT2D eigenvalue weighted by atomic mass is 14.4. The summed E-state index contributed by atoms with van der Waals surface area (Å²) in [7, 11) is 2.15. The van der Waals surface area contributed by atoms with Crippen molar-refractivity contribution >= 4 is 18.9 Å². The molecule has 1 aromatic rings. The van der Waals surface area contributed by atoms with E-state index in [1.807, 2.05) is 6.08 Å². The molecule has 1 aromatic carbocycles. The maximum atomic E-state index is 3.97. The molecule has 0 fully saturated rings. The highest BCUT2D eigenvalue weighted by molar-refractivity contribution is 6.32. The summed E-state index contributed by atoms with van der Waals surface area (Å²) >= 11 is 0. The van der Waals surface area contributed by atoms with E-state index in [0.717, 1.165) is 0 Å². The lowest BCUT2D eigenvalue weighted by Crippen LogP contribution is -2.18. The van der Waals surface area contributed by atoms with Crippen molar-refractivity contribution in [1.29, 1.82) is 0 Å². The summed E-state index contributed by atoms with van der Waals surface area (Å²) in [4.78, 5) is 0. The van der Waals surface area contributed by atoms with Gasteiger partial charge in [-0.1, -0.05) is 62.3 Å². The Morgan fingerprint density at radius 3 is 2.59 bits per heavy atom. The van der Waals surface area contributed by atoms with Gasteiger partial charge in [0, 0.05) is 5.41 Å². The molecule has 0 bridgehead atoms. The number of benzene rings is 1. The molecule has 0 radical (unpaired) electrons. The van der Waals surface area contributed by atoms with Gasteiger partial charge in [-0.05, 0) is 29.2 Å². The van der Waals surface area contributed by atoms with Crippen LogP contribution in [-0.2, 0) is 5.41 Å². The third kappa shape index (κ3) is 1.70. The molecular weight excluding hydrogens is 203 g/mol. The van der Waals surface area contributed by atoms with Crippen LogP contribution in [0.2, 0.25) is 0 Å². The highest BCUT2D eigenvalue weighted by Crippen LogP contribution is 2.46. The number of rotatable bonds is 2. The Balaban J connectivity index is 2.75. The summed E-state index contributed by atoms with van der Waals surface area (Å²) in [6, 6.07) is 6.70. The lowest BCUT2D eigenvalue weighted by molar-refractivity contribution is 0.654. The number of hydrogen-bond acceptors (Lipinski definition) is 0. The van der Waals surface area contributed by atoms with Crippen LogP contribution in [0.3, 0.4) is 0 Å².